The van der Waals surface area contributed by atoms with Crippen LogP contribution in [0.15, 0.2) is 58.3 Å². The standard InChI is InChI=1S/C26H40N2O6S/c1-5-27(6-2)17-21(29)19-33-23-9-13-25(14-10-23)35(31,32)26-15-11-24(12-16-26)34-20-22(30)18-28(7-3)8-4/h9-16,21-22,29-30H,5-8,17-20H2,1-4H3/t21-,22-/m1/s1. The van der Waals surface area contributed by atoms with Crippen LogP contribution in [-0.2, 0) is 9.84 Å². The Balaban J connectivity index is 1.93. The van der Waals surface area contributed by atoms with E-state index in [0.717, 1.165) is 26.2 Å². The van der Waals surface area contributed by atoms with Gasteiger partial charge in [0, 0.05) is 13.1 Å². The van der Waals surface area contributed by atoms with Gasteiger partial charge < -0.3 is 29.5 Å². The third-order valence-electron chi connectivity index (χ3n) is 5.88. The van der Waals surface area contributed by atoms with Gasteiger partial charge in [0.15, 0.2) is 0 Å². The van der Waals surface area contributed by atoms with Crippen LogP contribution in [0.25, 0.3) is 0 Å². The van der Waals surface area contributed by atoms with Crippen molar-refractivity contribution < 1.29 is 28.1 Å². The van der Waals surface area contributed by atoms with Crippen LogP contribution in [0.5, 0.6) is 11.5 Å². The van der Waals surface area contributed by atoms with E-state index in [2.05, 4.69) is 9.80 Å². The van der Waals surface area contributed by atoms with Gasteiger partial charge in [0.25, 0.3) is 0 Å². The molecule has 0 aromatic heterocycles. The largest absolute Gasteiger partial charge is 0.491 e. The van der Waals surface area contributed by atoms with Crippen LogP contribution in [0, 0.1) is 0 Å². The number of aliphatic hydroxyl groups excluding tert-OH is 2. The highest BCUT2D eigenvalue weighted by Crippen LogP contribution is 2.25. The summed E-state index contributed by atoms with van der Waals surface area (Å²) < 4.78 is 37.2. The Hall–Kier alpha value is -2.17. The van der Waals surface area contributed by atoms with Gasteiger partial charge >= 0.3 is 0 Å². The summed E-state index contributed by atoms with van der Waals surface area (Å²) in [6.45, 7) is 12.9. The van der Waals surface area contributed by atoms with Gasteiger partial charge in [-0.25, -0.2) is 8.42 Å². The summed E-state index contributed by atoms with van der Waals surface area (Å²) in [6.07, 6.45) is -1.25. The van der Waals surface area contributed by atoms with Crippen LogP contribution in [0.4, 0.5) is 0 Å². The fraction of sp³-hybridized carbons (Fsp3) is 0.538. The first kappa shape index (κ1) is 29.1. The van der Waals surface area contributed by atoms with E-state index < -0.39 is 22.0 Å². The smallest absolute Gasteiger partial charge is 0.206 e. The summed E-state index contributed by atoms with van der Waals surface area (Å²) >= 11 is 0. The van der Waals surface area contributed by atoms with Crippen LogP contribution in [0.3, 0.4) is 0 Å². The number of nitrogens with zero attached hydrogens (tertiary/aromatic N) is 2. The Morgan fingerprint density at radius 1 is 0.657 bits per heavy atom. The highest BCUT2D eigenvalue weighted by Gasteiger charge is 2.18. The summed E-state index contributed by atoms with van der Waals surface area (Å²) in [5.41, 5.74) is 0. The van der Waals surface area contributed by atoms with Crippen LogP contribution >= 0.6 is 0 Å². The minimum absolute atomic E-state index is 0.133. The molecule has 0 aliphatic heterocycles. The van der Waals surface area contributed by atoms with Gasteiger partial charge in [0.2, 0.25) is 9.84 Å². The Morgan fingerprint density at radius 3 is 1.26 bits per heavy atom. The summed E-state index contributed by atoms with van der Waals surface area (Å²) in [7, 11) is -3.70. The lowest BCUT2D eigenvalue weighted by Crippen LogP contribution is -2.35. The zero-order chi connectivity index (χ0) is 25.8. The first-order chi connectivity index (χ1) is 16.7. The van der Waals surface area contributed by atoms with Gasteiger partial charge in [0.1, 0.15) is 36.9 Å². The number of rotatable bonds is 16. The molecule has 0 saturated heterocycles. The third-order valence-corrected chi connectivity index (χ3v) is 7.67. The molecule has 0 heterocycles. The maximum atomic E-state index is 13.0. The van der Waals surface area contributed by atoms with Crippen LogP contribution in [-0.4, -0.2) is 93.1 Å². The van der Waals surface area contributed by atoms with Crippen molar-refractivity contribution in [3.63, 3.8) is 0 Å². The quantitative estimate of drug-likeness (QED) is 0.357. The van der Waals surface area contributed by atoms with Gasteiger partial charge in [-0.1, -0.05) is 27.7 Å². The topological polar surface area (TPSA) is 99.5 Å². The Kier molecular flexibility index (Phi) is 12.0. The first-order valence-electron chi connectivity index (χ1n) is 12.2. The molecule has 2 rings (SSSR count). The van der Waals surface area contributed by atoms with Gasteiger partial charge in [-0.05, 0) is 74.7 Å². The van der Waals surface area contributed by atoms with Crippen molar-refractivity contribution in [2.24, 2.45) is 0 Å². The number of likely N-dealkylation sites (N-methyl/N-ethyl adjacent to an activating group) is 2. The summed E-state index contributed by atoms with van der Waals surface area (Å²) in [5, 5.41) is 20.3. The first-order valence-corrected chi connectivity index (χ1v) is 13.7. The van der Waals surface area contributed by atoms with Crippen molar-refractivity contribution in [3.8, 4) is 11.5 Å². The molecule has 2 aromatic rings. The summed E-state index contributed by atoms with van der Waals surface area (Å²) in [5.74, 6) is 0.990. The second kappa shape index (κ2) is 14.4. The van der Waals surface area contributed by atoms with Crippen molar-refractivity contribution >= 4 is 9.84 Å². The molecule has 0 bridgehead atoms. The number of aliphatic hydroxyl groups is 2. The molecule has 0 spiro atoms. The monoisotopic (exact) mass is 508 g/mol. The summed E-state index contributed by atoms with van der Waals surface area (Å²) in [4.78, 5) is 4.51. The molecule has 35 heavy (non-hydrogen) atoms. The van der Waals surface area contributed by atoms with E-state index in [1.54, 1.807) is 24.3 Å². The number of sulfone groups is 1. The van der Waals surface area contributed by atoms with Gasteiger partial charge in [-0.3, -0.25) is 0 Å². The van der Waals surface area contributed by atoms with E-state index >= 15 is 0 Å². The molecule has 0 saturated carbocycles. The molecule has 2 N–H and O–H groups in total. The average Bonchev–Trinajstić information content (AvgIpc) is 2.88. The molecule has 196 valence electrons. The van der Waals surface area contributed by atoms with Crippen LogP contribution < -0.4 is 9.47 Å². The average molecular weight is 509 g/mol. The molecule has 2 atom stereocenters. The molecule has 0 aliphatic carbocycles. The van der Waals surface area contributed by atoms with Crippen molar-refractivity contribution in [2.45, 2.75) is 49.7 Å². The molecule has 0 aliphatic rings. The molecule has 0 radical (unpaired) electrons. The Labute approximate surface area is 210 Å². The minimum atomic E-state index is -3.70. The zero-order valence-corrected chi connectivity index (χ0v) is 22.1. The van der Waals surface area contributed by atoms with E-state index in [4.69, 9.17) is 9.47 Å². The number of hydrogen-bond acceptors (Lipinski definition) is 8. The van der Waals surface area contributed by atoms with E-state index in [9.17, 15) is 18.6 Å². The Morgan fingerprint density at radius 2 is 0.971 bits per heavy atom. The van der Waals surface area contributed by atoms with Crippen molar-refractivity contribution in [2.75, 3.05) is 52.5 Å². The molecule has 9 heteroatoms. The predicted octanol–water partition coefficient (Wildman–Crippen LogP) is 2.68. The number of benzene rings is 2. The number of ether oxygens (including phenoxy) is 2. The van der Waals surface area contributed by atoms with Crippen LogP contribution in [0.2, 0.25) is 0 Å². The van der Waals surface area contributed by atoms with E-state index in [1.807, 2.05) is 27.7 Å². The maximum absolute atomic E-state index is 13.0. The van der Waals surface area contributed by atoms with E-state index in [1.165, 1.54) is 24.3 Å². The SMILES string of the molecule is CCN(CC)C[C@@H](O)COc1ccc(S(=O)(=O)c2ccc(OC[C@H](O)CN(CC)CC)cc2)cc1. The highest BCUT2D eigenvalue weighted by atomic mass is 32.2. The van der Waals surface area contributed by atoms with Gasteiger partial charge in [-0.15, -0.1) is 0 Å². The molecule has 0 amide bonds. The lowest BCUT2D eigenvalue weighted by atomic mass is 10.3. The van der Waals surface area contributed by atoms with Crippen molar-refractivity contribution in [1.29, 1.82) is 0 Å². The fourth-order valence-corrected chi connectivity index (χ4v) is 4.88. The second-order valence-corrected chi connectivity index (χ2v) is 10.3. The molecular formula is C26H40N2O6S. The third kappa shape index (κ3) is 9.09. The predicted molar refractivity (Wildman–Crippen MR) is 137 cm³/mol. The molecule has 0 unspecified atom stereocenters. The number of hydrogen-bond donors (Lipinski definition) is 2. The Bertz CT molecular complexity index is 885. The lowest BCUT2D eigenvalue weighted by molar-refractivity contribution is 0.0715. The van der Waals surface area contributed by atoms with E-state index in [0.29, 0.717) is 24.6 Å². The minimum Gasteiger partial charge on any atom is -0.491 e. The lowest BCUT2D eigenvalue weighted by Gasteiger charge is -2.22. The van der Waals surface area contributed by atoms with Crippen molar-refractivity contribution in [3.05, 3.63) is 48.5 Å². The molecule has 8 nitrogen and oxygen atoms in total. The highest BCUT2D eigenvalue weighted by molar-refractivity contribution is 7.91. The zero-order valence-electron chi connectivity index (χ0n) is 21.3. The van der Waals surface area contributed by atoms with Gasteiger partial charge in [0.05, 0.1) is 9.79 Å². The van der Waals surface area contributed by atoms with Gasteiger partial charge in [-0.2, -0.15) is 0 Å². The summed E-state index contributed by atoms with van der Waals surface area (Å²) in [6, 6.07) is 12.3. The molecule has 2 aromatic carbocycles. The van der Waals surface area contributed by atoms with Crippen molar-refractivity contribution in [1.82, 2.24) is 9.80 Å². The second-order valence-electron chi connectivity index (χ2n) is 8.35. The fourth-order valence-electron chi connectivity index (χ4n) is 3.62. The normalized spacial score (nSPS) is 13.7. The molecule has 0 fully saturated rings. The van der Waals surface area contributed by atoms with E-state index in [-0.39, 0.29) is 23.0 Å². The molecular weight excluding hydrogens is 468 g/mol. The van der Waals surface area contributed by atoms with Crippen LogP contribution in [0.1, 0.15) is 27.7 Å². The maximum Gasteiger partial charge on any atom is 0.206 e.